The summed E-state index contributed by atoms with van der Waals surface area (Å²) in [6.07, 6.45) is 4.96. The number of rotatable bonds is 9. The van der Waals surface area contributed by atoms with Crippen LogP contribution in [0.2, 0.25) is 0 Å². The molecule has 0 aliphatic rings. The van der Waals surface area contributed by atoms with E-state index in [1.54, 1.807) is 0 Å². The topological polar surface area (TPSA) is 21.3 Å². The highest BCUT2D eigenvalue weighted by Gasteiger charge is 2.14. The zero-order valence-electron chi connectivity index (χ0n) is 14.6. The third-order valence-corrected chi connectivity index (χ3v) is 3.80. The number of benzene rings is 1. The molecular weight excluding hydrogens is 258 g/mol. The van der Waals surface area contributed by atoms with Gasteiger partial charge in [0.05, 0.1) is 6.61 Å². The predicted molar refractivity (Wildman–Crippen MR) is 92.4 cm³/mol. The lowest BCUT2D eigenvalue weighted by Crippen LogP contribution is -2.13. The van der Waals surface area contributed by atoms with Gasteiger partial charge in [-0.05, 0) is 55.5 Å². The third kappa shape index (κ3) is 6.99. The maximum Gasteiger partial charge on any atom is 0.122 e. The van der Waals surface area contributed by atoms with Crippen molar-refractivity contribution >= 4 is 0 Å². The largest absolute Gasteiger partial charge is 0.493 e. The molecule has 0 unspecified atom stereocenters. The van der Waals surface area contributed by atoms with Crippen LogP contribution >= 0.6 is 0 Å². The minimum Gasteiger partial charge on any atom is -0.493 e. The molecule has 0 atom stereocenters. The Labute approximate surface area is 131 Å². The molecule has 0 heterocycles. The Morgan fingerprint density at radius 2 is 1.76 bits per heavy atom. The van der Waals surface area contributed by atoms with Crippen LogP contribution in [-0.2, 0) is 5.41 Å². The van der Waals surface area contributed by atoms with Gasteiger partial charge in [-0.25, -0.2) is 0 Å². The van der Waals surface area contributed by atoms with Crippen molar-refractivity contribution in [3.8, 4) is 5.75 Å². The predicted octanol–water partition coefficient (Wildman–Crippen LogP) is 4.84. The maximum absolute atomic E-state index is 5.92. The van der Waals surface area contributed by atoms with Crippen LogP contribution < -0.4 is 10.1 Å². The van der Waals surface area contributed by atoms with Gasteiger partial charge in [0.25, 0.3) is 0 Å². The molecule has 2 heteroatoms. The van der Waals surface area contributed by atoms with Gasteiger partial charge in [0.1, 0.15) is 5.75 Å². The van der Waals surface area contributed by atoms with Crippen LogP contribution in [0.1, 0.15) is 64.5 Å². The molecule has 0 aliphatic carbocycles. The summed E-state index contributed by atoms with van der Waals surface area (Å²) in [5.74, 6) is 1.04. The van der Waals surface area contributed by atoms with Gasteiger partial charge in [-0.1, -0.05) is 52.7 Å². The van der Waals surface area contributed by atoms with Crippen molar-refractivity contribution in [2.45, 2.75) is 65.7 Å². The monoisotopic (exact) mass is 291 g/mol. The number of nitrogens with one attached hydrogen (secondary N) is 1. The van der Waals surface area contributed by atoms with Gasteiger partial charge in [-0.3, -0.25) is 0 Å². The van der Waals surface area contributed by atoms with E-state index < -0.39 is 0 Å². The Morgan fingerprint density at radius 3 is 2.38 bits per heavy atom. The summed E-state index contributed by atoms with van der Waals surface area (Å²) in [4.78, 5) is 0. The lowest BCUT2D eigenvalue weighted by molar-refractivity contribution is 0.302. The highest BCUT2D eigenvalue weighted by Crippen LogP contribution is 2.27. The number of hydrogen-bond acceptors (Lipinski definition) is 2. The highest BCUT2D eigenvalue weighted by molar-refractivity contribution is 5.38. The molecule has 0 saturated carbocycles. The summed E-state index contributed by atoms with van der Waals surface area (Å²) in [5, 5.41) is 3.36. The summed E-state index contributed by atoms with van der Waals surface area (Å²) < 4.78 is 5.92. The van der Waals surface area contributed by atoms with Crippen LogP contribution in [0.3, 0.4) is 0 Å². The minimum atomic E-state index is 0.204. The third-order valence-electron chi connectivity index (χ3n) is 3.80. The molecule has 1 aromatic carbocycles. The second-order valence-corrected chi connectivity index (χ2v) is 6.85. The molecule has 120 valence electrons. The first kappa shape index (κ1) is 18.0. The van der Waals surface area contributed by atoms with E-state index in [9.17, 15) is 0 Å². The van der Waals surface area contributed by atoms with Crippen molar-refractivity contribution in [1.29, 1.82) is 0 Å². The second-order valence-electron chi connectivity index (χ2n) is 6.85. The molecule has 0 amide bonds. The van der Waals surface area contributed by atoms with E-state index in [1.165, 1.54) is 30.4 Å². The van der Waals surface area contributed by atoms with Gasteiger partial charge in [0, 0.05) is 0 Å². The van der Waals surface area contributed by atoms with Crippen LogP contribution in [0.25, 0.3) is 0 Å². The summed E-state index contributed by atoms with van der Waals surface area (Å²) >= 11 is 0. The van der Waals surface area contributed by atoms with Crippen LogP contribution in [0.5, 0.6) is 5.75 Å². The van der Waals surface area contributed by atoms with Crippen molar-refractivity contribution in [3.63, 3.8) is 0 Å². The Kier molecular flexibility index (Phi) is 7.81. The normalized spacial score (nSPS) is 11.7. The number of ether oxygens (including phenoxy) is 1. The summed E-state index contributed by atoms with van der Waals surface area (Å²) in [5.41, 5.74) is 2.82. The molecule has 0 fully saturated rings. The molecule has 1 rings (SSSR count). The van der Waals surface area contributed by atoms with E-state index in [0.29, 0.717) is 0 Å². The molecule has 2 nitrogen and oxygen atoms in total. The minimum absolute atomic E-state index is 0.204. The number of aryl methyl sites for hydroxylation is 1. The SMILES string of the molecule is CCNCCCCCCOc1ccc(C(C)(C)C)cc1C. The van der Waals surface area contributed by atoms with Crippen molar-refractivity contribution in [1.82, 2.24) is 5.32 Å². The van der Waals surface area contributed by atoms with Crippen LogP contribution in [0.4, 0.5) is 0 Å². The van der Waals surface area contributed by atoms with Gasteiger partial charge in [0.2, 0.25) is 0 Å². The smallest absolute Gasteiger partial charge is 0.122 e. The Bertz CT molecular complexity index is 407. The first-order valence-corrected chi connectivity index (χ1v) is 8.40. The zero-order valence-corrected chi connectivity index (χ0v) is 14.6. The van der Waals surface area contributed by atoms with Crippen molar-refractivity contribution < 1.29 is 4.74 Å². The molecule has 0 saturated heterocycles. The number of unbranched alkanes of at least 4 members (excludes halogenated alkanes) is 3. The first-order chi connectivity index (χ1) is 9.95. The van der Waals surface area contributed by atoms with E-state index in [0.717, 1.165) is 31.9 Å². The van der Waals surface area contributed by atoms with Gasteiger partial charge < -0.3 is 10.1 Å². The second kappa shape index (κ2) is 9.09. The average Bonchev–Trinajstić information content (AvgIpc) is 2.42. The molecule has 0 spiro atoms. The van der Waals surface area contributed by atoms with Gasteiger partial charge in [-0.2, -0.15) is 0 Å². The van der Waals surface area contributed by atoms with Gasteiger partial charge in [0.15, 0.2) is 0 Å². The molecule has 21 heavy (non-hydrogen) atoms. The van der Waals surface area contributed by atoms with Gasteiger partial charge in [-0.15, -0.1) is 0 Å². The van der Waals surface area contributed by atoms with Crippen molar-refractivity contribution in [2.24, 2.45) is 0 Å². The maximum atomic E-state index is 5.92. The number of hydrogen-bond donors (Lipinski definition) is 1. The molecule has 0 aliphatic heterocycles. The fourth-order valence-electron chi connectivity index (χ4n) is 2.34. The van der Waals surface area contributed by atoms with Crippen LogP contribution in [0, 0.1) is 6.92 Å². The fraction of sp³-hybridized carbons (Fsp3) is 0.684. The van der Waals surface area contributed by atoms with E-state index in [4.69, 9.17) is 4.74 Å². The molecule has 0 aromatic heterocycles. The summed E-state index contributed by atoms with van der Waals surface area (Å²) in [7, 11) is 0. The summed E-state index contributed by atoms with van der Waals surface area (Å²) in [6.45, 7) is 14.1. The Hall–Kier alpha value is -1.02. The van der Waals surface area contributed by atoms with E-state index >= 15 is 0 Å². The lowest BCUT2D eigenvalue weighted by atomic mass is 9.86. The molecule has 0 bridgehead atoms. The van der Waals surface area contributed by atoms with Crippen LogP contribution in [-0.4, -0.2) is 19.7 Å². The Morgan fingerprint density at radius 1 is 1.05 bits per heavy atom. The molecular formula is C19H33NO. The first-order valence-electron chi connectivity index (χ1n) is 8.40. The summed E-state index contributed by atoms with van der Waals surface area (Å²) in [6, 6.07) is 6.57. The van der Waals surface area contributed by atoms with Gasteiger partial charge >= 0.3 is 0 Å². The Balaban J connectivity index is 2.27. The van der Waals surface area contributed by atoms with E-state index in [1.807, 2.05) is 0 Å². The fourth-order valence-corrected chi connectivity index (χ4v) is 2.34. The standard InChI is InChI=1S/C19H33NO/c1-6-20-13-9-7-8-10-14-21-18-12-11-17(15-16(18)2)19(3,4)5/h11-12,15,20H,6-10,13-14H2,1-5H3. The average molecular weight is 291 g/mol. The molecule has 0 radical (unpaired) electrons. The van der Waals surface area contributed by atoms with Crippen LogP contribution in [0.15, 0.2) is 18.2 Å². The van der Waals surface area contributed by atoms with E-state index in [-0.39, 0.29) is 5.41 Å². The highest BCUT2D eigenvalue weighted by atomic mass is 16.5. The van der Waals surface area contributed by atoms with E-state index in [2.05, 4.69) is 58.1 Å². The quantitative estimate of drug-likeness (QED) is 0.657. The zero-order chi connectivity index (χ0) is 15.7. The molecule has 1 aromatic rings. The van der Waals surface area contributed by atoms with Crippen molar-refractivity contribution in [3.05, 3.63) is 29.3 Å². The lowest BCUT2D eigenvalue weighted by Gasteiger charge is -2.20. The van der Waals surface area contributed by atoms with Crippen molar-refractivity contribution in [2.75, 3.05) is 19.7 Å². The molecule has 1 N–H and O–H groups in total.